The molecule has 7 heteroatoms. The Kier molecular flexibility index (Phi) is 7.50. The van der Waals surface area contributed by atoms with Gasteiger partial charge < -0.3 is 19.3 Å². The van der Waals surface area contributed by atoms with Crippen molar-refractivity contribution in [2.75, 3.05) is 44.8 Å². The van der Waals surface area contributed by atoms with E-state index < -0.39 is 0 Å². The monoisotopic (exact) mass is 423 g/mol. The molecule has 0 N–H and O–H groups in total. The Hall–Kier alpha value is -3.53. The number of hydrogen-bond acceptors (Lipinski definition) is 5. The summed E-state index contributed by atoms with van der Waals surface area (Å²) in [6.07, 6.45) is 2.41. The van der Waals surface area contributed by atoms with E-state index in [4.69, 9.17) is 9.47 Å². The summed E-state index contributed by atoms with van der Waals surface area (Å²) in [7, 11) is 1.56. The highest BCUT2D eigenvalue weighted by atomic mass is 19.1. The summed E-state index contributed by atoms with van der Waals surface area (Å²) >= 11 is 0. The molecule has 0 saturated carbocycles. The minimum atomic E-state index is -0.331. The molecule has 0 unspecified atom stereocenters. The third-order valence-electron chi connectivity index (χ3n) is 5.07. The Balaban J connectivity index is 1.71. The molecule has 6 nitrogen and oxygen atoms in total. The lowest BCUT2D eigenvalue weighted by Gasteiger charge is -2.36. The Morgan fingerprint density at radius 3 is 2.55 bits per heavy atom. The van der Waals surface area contributed by atoms with Crippen LogP contribution in [0.15, 0.2) is 48.0 Å². The molecule has 1 aliphatic heterocycles. The molecule has 31 heavy (non-hydrogen) atoms. The van der Waals surface area contributed by atoms with Crippen molar-refractivity contribution in [1.82, 2.24) is 4.90 Å². The van der Waals surface area contributed by atoms with Gasteiger partial charge in [0.2, 0.25) is 0 Å². The van der Waals surface area contributed by atoms with Crippen LogP contribution in [0.5, 0.6) is 11.5 Å². The van der Waals surface area contributed by atoms with E-state index in [1.165, 1.54) is 6.07 Å². The van der Waals surface area contributed by atoms with Crippen molar-refractivity contribution < 1.29 is 18.7 Å². The van der Waals surface area contributed by atoms with Crippen LogP contribution in [-0.2, 0) is 4.79 Å². The Labute approximate surface area is 182 Å². The first kappa shape index (κ1) is 22.2. The van der Waals surface area contributed by atoms with Gasteiger partial charge in [0.15, 0.2) is 11.5 Å². The summed E-state index contributed by atoms with van der Waals surface area (Å²) in [6, 6.07) is 13.9. The summed E-state index contributed by atoms with van der Waals surface area (Å²) in [4.78, 5) is 16.5. The number of anilines is 1. The number of methoxy groups -OCH3 is 1. The van der Waals surface area contributed by atoms with E-state index in [9.17, 15) is 14.4 Å². The van der Waals surface area contributed by atoms with Gasteiger partial charge >= 0.3 is 0 Å². The van der Waals surface area contributed by atoms with Crippen LogP contribution < -0.4 is 14.4 Å². The van der Waals surface area contributed by atoms with E-state index in [1.54, 1.807) is 54.5 Å². The molecule has 1 aliphatic rings. The highest BCUT2D eigenvalue weighted by molar-refractivity contribution is 6.01. The van der Waals surface area contributed by atoms with Crippen molar-refractivity contribution >= 4 is 17.7 Å². The molecule has 1 amide bonds. The lowest BCUT2D eigenvalue weighted by molar-refractivity contribution is -0.126. The van der Waals surface area contributed by atoms with Crippen LogP contribution in [0.4, 0.5) is 10.1 Å². The van der Waals surface area contributed by atoms with E-state index in [2.05, 4.69) is 0 Å². The van der Waals surface area contributed by atoms with Crippen molar-refractivity contribution in [2.45, 2.75) is 13.3 Å². The number of benzene rings is 2. The summed E-state index contributed by atoms with van der Waals surface area (Å²) in [5.41, 5.74) is 1.26. The Morgan fingerprint density at radius 2 is 1.90 bits per heavy atom. The normalized spacial score (nSPS) is 14.2. The van der Waals surface area contributed by atoms with E-state index in [1.807, 2.05) is 17.9 Å². The van der Waals surface area contributed by atoms with Gasteiger partial charge in [0, 0.05) is 26.2 Å². The van der Waals surface area contributed by atoms with Crippen molar-refractivity contribution in [3.8, 4) is 17.6 Å². The first-order chi connectivity index (χ1) is 15.1. The van der Waals surface area contributed by atoms with E-state index in [-0.39, 0.29) is 17.3 Å². The highest BCUT2D eigenvalue weighted by Crippen LogP contribution is 2.29. The third-order valence-corrected chi connectivity index (χ3v) is 5.07. The average molecular weight is 423 g/mol. The number of amides is 1. The van der Waals surface area contributed by atoms with Crippen LogP contribution in [0.25, 0.3) is 6.08 Å². The molecule has 162 valence electrons. The maximum absolute atomic E-state index is 14.0. The van der Waals surface area contributed by atoms with E-state index in [0.717, 1.165) is 6.42 Å². The maximum atomic E-state index is 14.0. The quantitative estimate of drug-likeness (QED) is 0.500. The predicted octanol–water partition coefficient (Wildman–Crippen LogP) is 3.88. The number of nitrogens with zero attached hydrogens (tertiary/aromatic N) is 3. The van der Waals surface area contributed by atoms with Gasteiger partial charge in [0.05, 0.1) is 19.4 Å². The molecule has 0 aliphatic carbocycles. The first-order valence-corrected chi connectivity index (χ1v) is 10.3. The van der Waals surface area contributed by atoms with Crippen LogP contribution >= 0.6 is 0 Å². The molecule has 0 spiro atoms. The lowest BCUT2D eigenvalue weighted by atomic mass is 10.1. The standard InChI is InChI=1S/C24H26FN3O3/c1-3-14-31-23-16-18(8-9-22(23)30-2)15-19(17-26)24(29)28-12-10-27(11-13-28)21-7-5-4-6-20(21)25/h4-9,15-16H,3,10-14H2,1-2H3/b19-15+. The summed E-state index contributed by atoms with van der Waals surface area (Å²) in [5.74, 6) is 0.559. The van der Waals surface area contributed by atoms with Crippen LogP contribution in [0, 0.1) is 17.1 Å². The minimum absolute atomic E-state index is 0.0472. The Morgan fingerprint density at radius 1 is 1.16 bits per heavy atom. The Bertz CT molecular complexity index is 992. The van der Waals surface area contributed by atoms with Gasteiger partial charge in [-0.15, -0.1) is 0 Å². The van der Waals surface area contributed by atoms with Gasteiger partial charge in [0.1, 0.15) is 17.5 Å². The average Bonchev–Trinajstić information content (AvgIpc) is 2.81. The second-order valence-corrected chi connectivity index (χ2v) is 7.16. The lowest BCUT2D eigenvalue weighted by Crippen LogP contribution is -2.49. The summed E-state index contributed by atoms with van der Waals surface area (Å²) in [6.45, 7) is 4.39. The highest BCUT2D eigenvalue weighted by Gasteiger charge is 2.25. The van der Waals surface area contributed by atoms with Crippen LogP contribution in [-0.4, -0.2) is 50.7 Å². The molecule has 2 aromatic rings. The van der Waals surface area contributed by atoms with Crippen LogP contribution in [0.3, 0.4) is 0 Å². The smallest absolute Gasteiger partial charge is 0.264 e. The SMILES string of the molecule is CCCOc1cc(/C=C(\C#N)C(=O)N2CCN(c3ccccc3F)CC2)ccc1OC. The third kappa shape index (κ3) is 5.34. The van der Waals surface area contributed by atoms with E-state index >= 15 is 0 Å². The predicted molar refractivity (Wildman–Crippen MR) is 118 cm³/mol. The fraction of sp³-hybridized carbons (Fsp3) is 0.333. The molecule has 1 fully saturated rings. The number of halogens is 1. The van der Waals surface area contributed by atoms with Crippen LogP contribution in [0.1, 0.15) is 18.9 Å². The van der Waals surface area contributed by atoms with Crippen molar-refractivity contribution in [1.29, 1.82) is 5.26 Å². The van der Waals surface area contributed by atoms with Gasteiger partial charge in [-0.25, -0.2) is 4.39 Å². The zero-order valence-electron chi connectivity index (χ0n) is 17.8. The van der Waals surface area contributed by atoms with Crippen molar-refractivity contribution in [3.05, 3.63) is 59.4 Å². The number of carbonyl (C=O) groups is 1. The number of ether oxygens (including phenoxy) is 2. The zero-order chi connectivity index (χ0) is 22.2. The summed E-state index contributed by atoms with van der Waals surface area (Å²) < 4.78 is 25.0. The zero-order valence-corrected chi connectivity index (χ0v) is 17.8. The molecule has 2 aromatic carbocycles. The molecular weight excluding hydrogens is 397 g/mol. The molecule has 1 saturated heterocycles. The van der Waals surface area contributed by atoms with Gasteiger partial charge in [-0.2, -0.15) is 5.26 Å². The van der Waals surface area contributed by atoms with Gasteiger partial charge in [-0.1, -0.05) is 25.1 Å². The summed E-state index contributed by atoms with van der Waals surface area (Å²) in [5, 5.41) is 9.58. The fourth-order valence-electron chi connectivity index (χ4n) is 3.45. The van der Waals surface area contributed by atoms with Crippen molar-refractivity contribution in [2.24, 2.45) is 0 Å². The van der Waals surface area contributed by atoms with Crippen LogP contribution in [0.2, 0.25) is 0 Å². The second-order valence-electron chi connectivity index (χ2n) is 7.16. The minimum Gasteiger partial charge on any atom is -0.493 e. The molecule has 0 atom stereocenters. The topological polar surface area (TPSA) is 65.8 Å². The number of para-hydroxylation sites is 1. The molecule has 0 radical (unpaired) electrons. The number of nitriles is 1. The second kappa shape index (κ2) is 10.5. The number of piperazine rings is 1. The van der Waals surface area contributed by atoms with Gasteiger partial charge in [-0.3, -0.25) is 4.79 Å². The molecule has 3 rings (SSSR count). The fourth-order valence-corrected chi connectivity index (χ4v) is 3.45. The van der Waals surface area contributed by atoms with E-state index in [0.29, 0.717) is 55.5 Å². The maximum Gasteiger partial charge on any atom is 0.264 e. The molecule has 0 aromatic heterocycles. The molecular formula is C24H26FN3O3. The number of hydrogen-bond donors (Lipinski definition) is 0. The van der Waals surface area contributed by atoms with Gasteiger partial charge in [0.25, 0.3) is 5.91 Å². The van der Waals surface area contributed by atoms with Gasteiger partial charge in [-0.05, 0) is 42.3 Å². The number of carbonyl (C=O) groups excluding carboxylic acids is 1. The first-order valence-electron chi connectivity index (χ1n) is 10.3. The molecule has 1 heterocycles. The molecule has 0 bridgehead atoms. The number of rotatable bonds is 7. The largest absolute Gasteiger partial charge is 0.493 e. The van der Waals surface area contributed by atoms with Crippen molar-refractivity contribution in [3.63, 3.8) is 0 Å².